The van der Waals surface area contributed by atoms with Crippen molar-refractivity contribution in [2.45, 2.75) is 13.3 Å². The van der Waals surface area contributed by atoms with Gasteiger partial charge in [-0.2, -0.15) is 0 Å². The van der Waals surface area contributed by atoms with E-state index in [0.29, 0.717) is 11.4 Å². The van der Waals surface area contributed by atoms with Crippen molar-refractivity contribution in [2.75, 3.05) is 0 Å². The van der Waals surface area contributed by atoms with Gasteiger partial charge in [-0.1, -0.05) is 60.1 Å². The Morgan fingerprint density at radius 2 is 1.71 bits per heavy atom. The molecule has 0 aliphatic rings. The Balaban J connectivity index is 1.89. The lowest BCUT2D eigenvalue weighted by molar-refractivity contribution is 0.0993. The largest absolute Gasteiger partial charge is 0.294 e. The zero-order chi connectivity index (χ0) is 14.8. The molecule has 0 aromatic heterocycles. The summed E-state index contributed by atoms with van der Waals surface area (Å²) in [7, 11) is 0. The number of carbonyl (C=O) groups excluding carboxylic acids is 1. The smallest absolute Gasteiger partial charge is 0.167 e. The molecule has 0 amide bonds. The van der Waals surface area contributed by atoms with E-state index in [2.05, 4.69) is 0 Å². The minimum atomic E-state index is 0.0894. The standard InChI is InChI=1S/C19H15ClO/c1-13-6-7-16(18(20)10-13)12-19(21)17-9-8-14-4-2-3-5-15(14)11-17/h2-11H,12H2,1H3. The second-order valence-corrected chi connectivity index (χ2v) is 5.66. The molecule has 0 radical (unpaired) electrons. The molecule has 0 heterocycles. The van der Waals surface area contributed by atoms with Gasteiger partial charge in [0.2, 0.25) is 0 Å². The fourth-order valence-electron chi connectivity index (χ4n) is 2.43. The van der Waals surface area contributed by atoms with E-state index in [-0.39, 0.29) is 5.78 Å². The summed E-state index contributed by atoms with van der Waals surface area (Å²) in [5.74, 6) is 0.0894. The van der Waals surface area contributed by atoms with Crippen molar-refractivity contribution in [1.29, 1.82) is 0 Å². The topological polar surface area (TPSA) is 17.1 Å². The Morgan fingerprint density at radius 3 is 2.48 bits per heavy atom. The van der Waals surface area contributed by atoms with Gasteiger partial charge in [-0.3, -0.25) is 4.79 Å². The van der Waals surface area contributed by atoms with Crippen LogP contribution in [0.2, 0.25) is 5.02 Å². The van der Waals surface area contributed by atoms with Gasteiger partial charge in [-0.15, -0.1) is 0 Å². The van der Waals surface area contributed by atoms with E-state index in [1.54, 1.807) is 0 Å². The molecule has 3 aromatic rings. The van der Waals surface area contributed by atoms with Crippen molar-refractivity contribution in [3.8, 4) is 0 Å². The van der Waals surface area contributed by atoms with E-state index >= 15 is 0 Å². The maximum absolute atomic E-state index is 12.4. The first-order chi connectivity index (χ1) is 10.1. The molecule has 0 spiro atoms. The average Bonchev–Trinajstić information content (AvgIpc) is 2.49. The zero-order valence-corrected chi connectivity index (χ0v) is 12.5. The fourth-order valence-corrected chi connectivity index (χ4v) is 2.74. The van der Waals surface area contributed by atoms with Crippen molar-refractivity contribution in [2.24, 2.45) is 0 Å². The van der Waals surface area contributed by atoms with Crippen LogP contribution in [0, 0.1) is 6.92 Å². The summed E-state index contributed by atoms with van der Waals surface area (Å²) in [5.41, 5.74) is 2.70. The molecule has 0 aliphatic carbocycles. The van der Waals surface area contributed by atoms with Gasteiger partial charge in [0.05, 0.1) is 0 Å². The molecule has 0 fully saturated rings. The van der Waals surface area contributed by atoms with Gasteiger partial charge in [0, 0.05) is 17.0 Å². The van der Waals surface area contributed by atoms with Gasteiger partial charge in [0.15, 0.2) is 5.78 Å². The summed E-state index contributed by atoms with van der Waals surface area (Å²) in [6, 6.07) is 19.6. The number of halogens is 1. The summed E-state index contributed by atoms with van der Waals surface area (Å²) in [6.07, 6.45) is 0.331. The number of carbonyl (C=O) groups is 1. The second-order valence-electron chi connectivity index (χ2n) is 5.26. The fraction of sp³-hybridized carbons (Fsp3) is 0.105. The van der Waals surface area contributed by atoms with Crippen LogP contribution < -0.4 is 0 Å². The van der Waals surface area contributed by atoms with Gasteiger partial charge >= 0.3 is 0 Å². The minimum absolute atomic E-state index is 0.0894. The Labute approximate surface area is 129 Å². The minimum Gasteiger partial charge on any atom is -0.294 e. The molecule has 0 saturated carbocycles. The predicted octanol–water partition coefficient (Wildman–Crippen LogP) is 5.23. The highest BCUT2D eigenvalue weighted by Gasteiger charge is 2.10. The zero-order valence-electron chi connectivity index (χ0n) is 11.8. The molecular weight excluding hydrogens is 280 g/mol. The van der Waals surface area contributed by atoms with Crippen LogP contribution in [-0.4, -0.2) is 5.78 Å². The van der Waals surface area contributed by atoms with Crippen LogP contribution in [0.4, 0.5) is 0 Å². The van der Waals surface area contributed by atoms with E-state index in [1.807, 2.05) is 67.6 Å². The number of hydrogen-bond donors (Lipinski definition) is 0. The monoisotopic (exact) mass is 294 g/mol. The number of hydrogen-bond acceptors (Lipinski definition) is 1. The molecule has 0 unspecified atom stereocenters. The Kier molecular flexibility index (Phi) is 3.76. The van der Waals surface area contributed by atoms with Crippen LogP contribution in [0.25, 0.3) is 10.8 Å². The van der Waals surface area contributed by atoms with Crippen LogP contribution >= 0.6 is 11.6 Å². The molecule has 21 heavy (non-hydrogen) atoms. The molecule has 2 heteroatoms. The van der Waals surface area contributed by atoms with E-state index in [4.69, 9.17) is 11.6 Å². The van der Waals surface area contributed by atoms with E-state index in [1.165, 1.54) is 0 Å². The van der Waals surface area contributed by atoms with Gasteiger partial charge in [0.1, 0.15) is 0 Å². The van der Waals surface area contributed by atoms with Crippen molar-refractivity contribution < 1.29 is 4.79 Å². The van der Waals surface area contributed by atoms with Crippen molar-refractivity contribution in [3.05, 3.63) is 82.4 Å². The highest BCUT2D eigenvalue weighted by atomic mass is 35.5. The third kappa shape index (κ3) is 2.98. The lowest BCUT2D eigenvalue weighted by Crippen LogP contribution is -2.04. The first-order valence-electron chi connectivity index (χ1n) is 6.90. The maximum Gasteiger partial charge on any atom is 0.167 e. The Bertz CT molecular complexity index is 821. The van der Waals surface area contributed by atoms with E-state index in [9.17, 15) is 4.79 Å². The third-order valence-corrected chi connectivity index (χ3v) is 3.98. The number of fused-ring (bicyclic) bond motifs is 1. The molecule has 0 aliphatic heterocycles. The number of rotatable bonds is 3. The number of Topliss-reactive ketones (excluding diaryl/α,β-unsaturated/α-hetero) is 1. The van der Waals surface area contributed by atoms with E-state index in [0.717, 1.165) is 27.5 Å². The van der Waals surface area contributed by atoms with Gasteiger partial charge in [-0.05, 0) is 41.0 Å². The molecule has 0 saturated heterocycles. The molecule has 104 valence electrons. The van der Waals surface area contributed by atoms with Crippen LogP contribution in [-0.2, 0) is 6.42 Å². The summed E-state index contributed by atoms with van der Waals surface area (Å²) >= 11 is 6.20. The highest BCUT2D eigenvalue weighted by Crippen LogP contribution is 2.21. The van der Waals surface area contributed by atoms with Crippen LogP contribution in [0.15, 0.2) is 60.7 Å². The first-order valence-corrected chi connectivity index (χ1v) is 7.28. The summed E-state index contributed by atoms with van der Waals surface area (Å²) in [5, 5.41) is 2.88. The summed E-state index contributed by atoms with van der Waals surface area (Å²) in [4.78, 5) is 12.4. The average molecular weight is 295 g/mol. The van der Waals surface area contributed by atoms with Crippen LogP contribution in [0.5, 0.6) is 0 Å². The molecule has 0 atom stereocenters. The van der Waals surface area contributed by atoms with E-state index < -0.39 is 0 Å². The Morgan fingerprint density at radius 1 is 0.952 bits per heavy atom. The maximum atomic E-state index is 12.4. The lowest BCUT2D eigenvalue weighted by atomic mass is 9.99. The molecule has 0 N–H and O–H groups in total. The third-order valence-electron chi connectivity index (χ3n) is 3.63. The summed E-state index contributed by atoms with van der Waals surface area (Å²) in [6.45, 7) is 1.99. The molecular formula is C19H15ClO. The molecule has 3 rings (SSSR count). The van der Waals surface area contributed by atoms with Gasteiger partial charge in [-0.25, -0.2) is 0 Å². The van der Waals surface area contributed by atoms with Crippen molar-refractivity contribution in [3.63, 3.8) is 0 Å². The molecule has 1 nitrogen and oxygen atoms in total. The highest BCUT2D eigenvalue weighted by molar-refractivity contribution is 6.31. The summed E-state index contributed by atoms with van der Waals surface area (Å²) < 4.78 is 0. The lowest BCUT2D eigenvalue weighted by Gasteiger charge is -2.06. The quantitative estimate of drug-likeness (QED) is 0.605. The molecule has 0 bridgehead atoms. The SMILES string of the molecule is Cc1ccc(CC(=O)c2ccc3ccccc3c2)c(Cl)c1. The van der Waals surface area contributed by atoms with Crippen molar-refractivity contribution >= 4 is 28.2 Å². The van der Waals surface area contributed by atoms with Crippen LogP contribution in [0.1, 0.15) is 21.5 Å². The molecule has 3 aromatic carbocycles. The second kappa shape index (κ2) is 5.71. The van der Waals surface area contributed by atoms with Crippen molar-refractivity contribution in [1.82, 2.24) is 0 Å². The van der Waals surface area contributed by atoms with Gasteiger partial charge < -0.3 is 0 Å². The Hall–Kier alpha value is -2.12. The predicted molar refractivity (Wildman–Crippen MR) is 88.2 cm³/mol. The first kappa shape index (κ1) is 13.8. The number of aryl methyl sites for hydroxylation is 1. The van der Waals surface area contributed by atoms with Crippen LogP contribution in [0.3, 0.4) is 0 Å². The van der Waals surface area contributed by atoms with Gasteiger partial charge in [0.25, 0.3) is 0 Å². The number of benzene rings is 3. The normalized spacial score (nSPS) is 10.8. The number of ketones is 1.